The lowest BCUT2D eigenvalue weighted by molar-refractivity contribution is -0.137. The fraction of sp³-hybridized carbons (Fsp3) is 0.100. The summed E-state index contributed by atoms with van der Waals surface area (Å²) in [5.74, 6) is -0.202. The highest BCUT2D eigenvalue weighted by Gasteiger charge is 2.30. The molecule has 0 bridgehead atoms. The molecule has 144 valence electrons. The van der Waals surface area contributed by atoms with Crippen LogP contribution in [0.4, 0.5) is 13.2 Å². The number of ether oxygens (including phenoxy) is 1. The number of primary amides is 1. The third-order valence-corrected chi connectivity index (χ3v) is 3.89. The molecule has 0 aliphatic carbocycles. The van der Waals surface area contributed by atoms with Crippen LogP contribution < -0.4 is 10.5 Å². The first-order valence-electron chi connectivity index (χ1n) is 8.14. The Labute approximate surface area is 158 Å². The highest BCUT2D eigenvalue weighted by atomic mass is 19.4. The fourth-order valence-electron chi connectivity index (χ4n) is 2.45. The minimum absolute atomic E-state index is 0.134. The normalized spacial score (nSPS) is 12.4. The lowest BCUT2D eigenvalue weighted by Gasteiger charge is -2.10. The minimum Gasteiger partial charge on any atom is -0.457 e. The lowest BCUT2D eigenvalue weighted by atomic mass is 10.1. The number of hydrogen-bond donors (Lipinski definition) is 2. The second-order valence-electron chi connectivity index (χ2n) is 5.90. The Morgan fingerprint density at radius 1 is 0.964 bits per heavy atom. The van der Waals surface area contributed by atoms with Crippen molar-refractivity contribution in [3.05, 3.63) is 78.0 Å². The fourth-order valence-corrected chi connectivity index (χ4v) is 2.45. The molecular weight excluding hydrogens is 373 g/mol. The number of hydrogen-bond acceptors (Lipinski definition) is 4. The number of aromatic nitrogens is 1. The number of halogens is 3. The van der Waals surface area contributed by atoms with Gasteiger partial charge < -0.3 is 15.6 Å². The second-order valence-corrected chi connectivity index (χ2v) is 5.90. The Hall–Kier alpha value is -3.39. The monoisotopic (exact) mass is 388 g/mol. The van der Waals surface area contributed by atoms with Gasteiger partial charge in [0.2, 0.25) is 0 Å². The number of aliphatic hydroxyl groups is 1. The van der Waals surface area contributed by atoms with Crippen LogP contribution in [0.25, 0.3) is 11.3 Å². The van der Waals surface area contributed by atoms with Crippen molar-refractivity contribution < 1.29 is 27.8 Å². The van der Waals surface area contributed by atoms with Crippen molar-refractivity contribution in [1.29, 1.82) is 0 Å². The molecule has 0 radical (unpaired) electrons. The molecule has 0 unspecified atom stereocenters. The molecule has 1 heterocycles. The molecule has 8 heteroatoms. The Kier molecular flexibility index (Phi) is 5.32. The maximum absolute atomic E-state index is 12.6. The number of rotatable bonds is 5. The van der Waals surface area contributed by atoms with Crippen LogP contribution in [-0.4, -0.2) is 16.0 Å². The van der Waals surface area contributed by atoms with Crippen molar-refractivity contribution in [3.8, 4) is 22.8 Å². The Morgan fingerprint density at radius 2 is 1.54 bits per heavy atom. The van der Waals surface area contributed by atoms with Gasteiger partial charge in [-0.1, -0.05) is 6.07 Å². The Morgan fingerprint density at radius 3 is 2.07 bits per heavy atom. The number of nitrogens with two attached hydrogens (primary N) is 1. The van der Waals surface area contributed by atoms with E-state index in [9.17, 15) is 23.1 Å². The molecule has 0 fully saturated rings. The van der Waals surface area contributed by atoms with Gasteiger partial charge in [0.1, 0.15) is 11.5 Å². The van der Waals surface area contributed by atoms with Gasteiger partial charge in [-0.2, -0.15) is 13.2 Å². The molecule has 0 spiro atoms. The summed E-state index contributed by atoms with van der Waals surface area (Å²) in [5.41, 5.74) is 5.66. The predicted octanol–water partition coefficient (Wildman–Crippen LogP) is 4.08. The summed E-state index contributed by atoms with van der Waals surface area (Å²) in [7, 11) is 0. The van der Waals surface area contributed by atoms with Crippen LogP contribution in [0.3, 0.4) is 0 Å². The number of aliphatic hydroxyl groups excluding tert-OH is 1. The van der Waals surface area contributed by atoms with Crippen molar-refractivity contribution >= 4 is 5.91 Å². The molecule has 1 atom stereocenters. The van der Waals surface area contributed by atoms with E-state index >= 15 is 0 Å². The number of amides is 1. The van der Waals surface area contributed by atoms with Gasteiger partial charge >= 0.3 is 6.18 Å². The van der Waals surface area contributed by atoms with E-state index in [4.69, 9.17) is 10.5 Å². The van der Waals surface area contributed by atoms with E-state index < -0.39 is 23.8 Å². The van der Waals surface area contributed by atoms with E-state index in [1.807, 2.05) is 0 Å². The third kappa shape index (κ3) is 4.47. The molecule has 28 heavy (non-hydrogen) atoms. The molecule has 1 aromatic heterocycles. The number of nitrogens with zero attached hydrogens (tertiary/aromatic N) is 1. The molecule has 5 nitrogen and oxygen atoms in total. The average Bonchev–Trinajstić information content (AvgIpc) is 2.68. The summed E-state index contributed by atoms with van der Waals surface area (Å²) in [6.07, 6.45) is -5.90. The van der Waals surface area contributed by atoms with Gasteiger partial charge in [0.15, 0.2) is 6.10 Å². The number of pyridine rings is 1. The van der Waals surface area contributed by atoms with E-state index in [1.165, 1.54) is 18.2 Å². The standard InChI is InChI=1S/C20H15F3N2O3/c21-20(22,23)13-6-10-15(11-7-13)28-14-8-4-12(5-9-14)16-2-1-3-17(25-16)18(26)19(24)27/h1-11,18,26H,(H2,24,27)/t18-/m1/s1. The topological polar surface area (TPSA) is 85.4 Å². The average molecular weight is 388 g/mol. The van der Waals surface area contributed by atoms with Crippen LogP contribution >= 0.6 is 0 Å². The number of carbonyl (C=O) groups is 1. The van der Waals surface area contributed by atoms with E-state index in [2.05, 4.69) is 4.98 Å². The summed E-state index contributed by atoms with van der Waals surface area (Å²) in [4.78, 5) is 15.3. The molecule has 0 aliphatic rings. The highest BCUT2D eigenvalue weighted by molar-refractivity contribution is 5.79. The molecule has 2 aromatic carbocycles. The summed E-state index contributed by atoms with van der Waals surface area (Å²) in [6, 6.07) is 15.9. The molecule has 3 N–H and O–H groups in total. The zero-order valence-corrected chi connectivity index (χ0v) is 14.4. The van der Waals surface area contributed by atoms with Gasteiger partial charge in [0, 0.05) is 5.56 Å². The second kappa shape index (κ2) is 7.69. The Bertz CT molecular complexity index is 971. The number of benzene rings is 2. The molecule has 1 amide bonds. The molecule has 3 rings (SSSR count). The Balaban J connectivity index is 1.75. The van der Waals surface area contributed by atoms with E-state index in [0.29, 0.717) is 17.0 Å². The van der Waals surface area contributed by atoms with Gasteiger partial charge in [0.25, 0.3) is 5.91 Å². The van der Waals surface area contributed by atoms with E-state index in [-0.39, 0.29) is 11.4 Å². The van der Waals surface area contributed by atoms with Crippen LogP contribution in [0.5, 0.6) is 11.5 Å². The van der Waals surface area contributed by atoms with Gasteiger partial charge in [-0.25, -0.2) is 4.98 Å². The first-order chi connectivity index (χ1) is 13.2. The number of carbonyl (C=O) groups excluding carboxylic acids is 1. The van der Waals surface area contributed by atoms with Crippen molar-refractivity contribution in [2.75, 3.05) is 0 Å². The van der Waals surface area contributed by atoms with Crippen molar-refractivity contribution in [1.82, 2.24) is 4.98 Å². The predicted molar refractivity (Wildman–Crippen MR) is 95.3 cm³/mol. The smallest absolute Gasteiger partial charge is 0.416 e. The molecule has 3 aromatic rings. The van der Waals surface area contributed by atoms with Crippen LogP contribution in [-0.2, 0) is 11.0 Å². The van der Waals surface area contributed by atoms with Crippen LogP contribution in [0.1, 0.15) is 17.4 Å². The first kappa shape index (κ1) is 19.4. The molecule has 0 saturated heterocycles. The van der Waals surface area contributed by atoms with Crippen LogP contribution in [0.15, 0.2) is 66.7 Å². The zero-order valence-electron chi connectivity index (χ0n) is 14.4. The maximum atomic E-state index is 12.6. The lowest BCUT2D eigenvalue weighted by Crippen LogP contribution is -2.21. The molecule has 0 aliphatic heterocycles. The van der Waals surface area contributed by atoms with Crippen LogP contribution in [0, 0.1) is 0 Å². The molecule has 0 saturated carbocycles. The van der Waals surface area contributed by atoms with E-state index in [1.54, 1.807) is 36.4 Å². The van der Waals surface area contributed by atoms with Crippen LogP contribution in [0.2, 0.25) is 0 Å². The van der Waals surface area contributed by atoms with Gasteiger partial charge in [-0.15, -0.1) is 0 Å². The first-order valence-corrected chi connectivity index (χ1v) is 8.14. The van der Waals surface area contributed by atoms with Gasteiger partial charge in [0.05, 0.1) is 17.0 Å². The summed E-state index contributed by atoms with van der Waals surface area (Å²) in [6.45, 7) is 0. The highest BCUT2D eigenvalue weighted by Crippen LogP contribution is 2.31. The maximum Gasteiger partial charge on any atom is 0.416 e. The summed E-state index contributed by atoms with van der Waals surface area (Å²) < 4.78 is 43.3. The summed E-state index contributed by atoms with van der Waals surface area (Å²) >= 11 is 0. The molecular formula is C20H15F3N2O3. The van der Waals surface area contributed by atoms with Gasteiger partial charge in [-0.3, -0.25) is 4.79 Å². The van der Waals surface area contributed by atoms with Crippen molar-refractivity contribution in [2.45, 2.75) is 12.3 Å². The van der Waals surface area contributed by atoms with E-state index in [0.717, 1.165) is 12.1 Å². The SMILES string of the molecule is NC(=O)[C@H](O)c1cccc(-c2ccc(Oc3ccc(C(F)(F)F)cc3)cc2)n1. The van der Waals surface area contributed by atoms with Gasteiger partial charge in [-0.05, 0) is 60.7 Å². The van der Waals surface area contributed by atoms with Crippen molar-refractivity contribution in [2.24, 2.45) is 5.73 Å². The largest absolute Gasteiger partial charge is 0.457 e. The third-order valence-electron chi connectivity index (χ3n) is 3.89. The summed E-state index contributed by atoms with van der Waals surface area (Å²) in [5, 5.41) is 9.72. The minimum atomic E-state index is -4.40. The van der Waals surface area contributed by atoms with Crippen molar-refractivity contribution in [3.63, 3.8) is 0 Å². The quantitative estimate of drug-likeness (QED) is 0.690. The zero-order chi connectivity index (χ0) is 20.3. The number of alkyl halides is 3.